The van der Waals surface area contributed by atoms with E-state index in [1.54, 1.807) is 6.07 Å². The van der Waals surface area contributed by atoms with E-state index in [1.807, 2.05) is 0 Å². The number of nitrogens with zero attached hydrogens (tertiary/aromatic N) is 2. The molecule has 1 N–H and O–H groups in total. The number of aryl methyl sites for hydroxylation is 2. The van der Waals surface area contributed by atoms with Crippen LogP contribution in [0.4, 0.5) is 11.5 Å². The lowest BCUT2D eigenvalue weighted by Gasteiger charge is -2.07. The van der Waals surface area contributed by atoms with E-state index in [9.17, 15) is 0 Å². The molecule has 86 valence electrons. The number of nitrogens with one attached hydrogen (secondary N) is 1. The van der Waals surface area contributed by atoms with Crippen molar-refractivity contribution in [1.82, 2.24) is 9.97 Å². The molecule has 1 aliphatic carbocycles. The summed E-state index contributed by atoms with van der Waals surface area (Å²) in [6.07, 6.45) is 5.10. The Hall–Kier alpha value is -1.61. The molecule has 3 rings (SSSR count). The van der Waals surface area contributed by atoms with Gasteiger partial charge in [-0.05, 0) is 42.5 Å². The SMILES string of the molecule is Clc1cc(Nc2ccc3c(c2)CCC3)ncn1. The standard InChI is InChI=1S/C13H12ClN3/c14-12-7-13(16-8-15-12)17-11-5-4-9-2-1-3-10(9)6-11/h4-8H,1-3H2,(H,15,16,17). The van der Waals surface area contributed by atoms with Gasteiger partial charge in [0.15, 0.2) is 0 Å². The Morgan fingerprint density at radius 3 is 2.82 bits per heavy atom. The fraction of sp³-hybridized carbons (Fsp3) is 0.231. The molecule has 0 saturated heterocycles. The molecule has 0 unspecified atom stereocenters. The van der Waals surface area contributed by atoms with Crippen molar-refractivity contribution in [2.45, 2.75) is 19.3 Å². The van der Waals surface area contributed by atoms with Gasteiger partial charge in [0.1, 0.15) is 17.3 Å². The van der Waals surface area contributed by atoms with E-state index in [4.69, 9.17) is 11.6 Å². The van der Waals surface area contributed by atoms with Crippen molar-refractivity contribution >= 4 is 23.1 Å². The number of hydrogen-bond donors (Lipinski definition) is 1. The molecule has 1 aromatic carbocycles. The minimum atomic E-state index is 0.448. The van der Waals surface area contributed by atoms with Crippen LogP contribution in [-0.2, 0) is 12.8 Å². The monoisotopic (exact) mass is 245 g/mol. The third kappa shape index (κ3) is 2.24. The average Bonchev–Trinajstić information content (AvgIpc) is 2.76. The second kappa shape index (κ2) is 4.34. The molecule has 0 fully saturated rings. The summed E-state index contributed by atoms with van der Waals surface area (Å²) in [4.78, 5) is 7.98. The smallest absolute Gasteiger partial charge is 0.135 e. The summed E-state index contributed by atoms with van der Waals surface area (Å²) in [7, 11) is 0. The normalized spacial score (nSPS) is 13.5. The molecule has 3 nitrogen and oxygen atoms in total. The maximum atomic E-state index is 5.81. The highest BCUT2D eigenvalue weighted by atomic mass is 35.5. The summed E-state index contributed by atoms with van der Waals surface area (Å²) in [5.41, 5.74) is 3.96. The van der Waals surface area contributed by atoms with E-state index >= 15 is 0 Å². The highest BCUT2D eigenvalue weighted by Crippen LogP contribution is 2.26. The van der Waals surface area contributed by atoms with Gasteiger partial charge in [-0.25, -0.2) is 9.97 Å². The molecule has 1 aliphatic rings. The van der Waals surface area contributed by atoms with Crippen molar-refractivity contribution in [1.29, 1.82) is 0 Å². The first-order chi connectivity index (χ1) is 8.31. The van der Waals surface area contributed by atoms with Crippen LogP contribution >= 0.6 is 11.6 Å². The zero-order chi connectivity index (χ0) is 11.7. The van der Waals surface area contributed by atoms with Gasteiger partial charge in [-0.3, -0.25) is 0 Å². The summed E-state index contributed by atoms with van der Waals surface area (Å²) in [6.45, 7) is 0. The Morgan fingerprint density at radius 1 is 1.06 bits per heavy atom. The lowest BCUT2D eigenvalue weighted by molar-refractivity contribution is 0.912. The largest absolute Gasteiger partial charge is 0.340 e. The number of benzene rings is 1. The molecule has 0 bridgehead atoms. The first-order valence-corrected chi connectivity index (χ1v) is 6.05. The first kappa shape index (κ1) is 10.5. The number of rotatable bonds is 2. The number of hydrogen-bond acceptors (Lipinski definition) is 3. The zero-order valence-corrected chi connectivity index (χ0v) is 10.0. The van der Waals surface area contributed by atoms with E-state index in [1.165, 1.54) is 36.7 Å². The van der Waals surface area contributed by atoms with Gasteiger partial charge in [0.05, 0.1) is 0 Å². The van der Waals surface area contributed by atoms with Gasteiger partial charge in [0, 0.05) is 11.8 Å². The van der Waals surface area contributed by atoms with Gasteiger partial charge >= 0.3 is 0 Å². The molecule has 0 saturated carbocycles. The Labute approximate surface area is 105 Å². The lowest BCUT2D eigenvalue weighted by atomic mass is 10.1. The van der Waals surface area contributed by atoms with Crippen LogP contribution in [0.15, 0.2) is 30.6 Å². The van der Waals surface area contributed by atoms with E-state index in [0.29, 0.717) is 5.15 Å². The topological polar surface area (TPSA) is 37.8 Å². The average molecular weight is 246 g/mol. The van der Waals surface area contributed by atoms with Crippen LogP contribution in [0.25, 0.3) is 0 Å². The van der Waals surface area contributed by atoms with Gasteiger partial charge in [-0.2, -0.15) is 0 Å². The van der Waals surface area contributed by atoms with Crippen molar-refractivity contribution in [3.05, 3.63) is 46.9 Å². The van der Waals surface area contributed by atoms with Crippen LogP contribution in [0.1, 0.15) is 17.5 Å². The molecular weight excluding hydrogens is 234 g/mol. The summed E-state index contributed by atoms with van der Waals surface area (Å²) >= 11 is 5.81. The van der Waals surface area contributed by atoms with Crippen molar-refractivity contribution in [2.75, 3.05) is 5.32 Å². The minimum absolute atomic E-state index is 0.448. The third-order valence-electron chi connectivity index (χ3n) is 3.00. The Kier molecular flexibility index (Phi) is 2.69. The molecule has 0 aliphatic heterocycles. The van der Waals surface area contributed by atoms with Gasteiger partial charge in [-0.15, -0.1) is 0 Å². The van der Waals surface area contributed by atoms with Crippen molar-refractivity contribution in [3.63, 3.8) is 0 Å². The van der Waals surface area contributed by atoms with Crippen molar-refractivity contribution < 1.29 is 0 Å². The van der Waals surface area contributed by atoms with Crippen LogP contribution < -0.4 is 5.32 Å². The molecule has 17 heavy (non-hydrogen) atoms. The second-order valence-corrected chi connectivity index (χ2v) is 4.58. The lowest BCUT2D eigenvalue weighted by Crippen LogP contribution is -1.95. The zero-order valence-electron chi connectivity index (χ0n) is 9.28. The van der Waals surface area contributed by atoms with E-state index < -0.39 is 0 Å². The van der Waals surface area contributed by atoms with E-state index in [-0.39, 0.29) is 0 Å². The predicted molar refractivity (Wildman–Crippen MR) is 68.8 cm³/mol. The molecule has 4 heteroatoms. The fourth-order valence-corrected chi connectivity index (χ4v) is 2.35. The van der Waals surface area contributed by atoms with Crippen LogP contribution in [0, 0.1) is 0 Å². The molecular formula is C13H12ClN3. The van der Waals surface area contributed by atoms with Crippen LogP contribution in [0.5, 0.6) is 0 Å². The number of halogens is 1. The van der Waals surface area contributed by atoms with Gasteiger partial charge in [-0.1, -0.05) is 17.7 Å². The third-order valence-corrected chi connectivity index (χ3v) is 3.21. The van der Waals surface area contributed by atoms with Crippen molar-refractivity contribution in [2.24, 2.45) is 0 Å². The van der Waals surface area contributed by atoms with Crippen LogP contribution in [-0.4, -0.2) is 9.97 Å². The summed E-state index contributed by atoms with van der Waals surface area (Å²) in [6, 6.07) is 8.18. The molecule has 0 atom stereocenters. The molecule has 0 spiro atoms. The second-order valence-electron chi connectivity index (χ2n) is 4.19. The Bertz CT molecular complexity index is 554. The molecule has 2 aromatic rings. The van der Waals surface area contributed by atoms with Crippen LogP contribution in [0.3, 0.4) is 0 Å². The van der Waals surface area contributed by atoms with Gasteiger partial charge in [0.25, 0.3) is 0 Å². The highest BCUT2D eigenvalue weighted by molar-refractivity contribution is 6.29. The summed E-state index contributed by atoms with van der Waals surface area (Å²) in [5, 5.41) is 3.69. The maximum Gasteiger partial charge on any atom is 0.135 e. The number of aromatic nitrogens is 2. The molecule has 0 amide bonds. The first-order valence-electron chi connectivity index (χ1n) is 5.68. The maximum absolute atomic E-state index is 5.81. The summed E-state index contributed by atoms with van der Waals surface area (Å²) < 4.78 is 0. The van der Waals surface area contributed by atoms with Crippen LogP contribution in [0.2, 0.25) is 5.15 Å². The van der Waals surface area contributed by atoms with Gasteiger partial charge in [0.2, 0.25) is 0 Å². The number of fused-ring (bicyclic) bond motifs is 1. The molecule has 1 heterocycles. The summed E-state index contributed by atoms with van der Waals surface area (Å²) in [5.74, 6) is 0.725. The number of anilines is 2. The van der Waals surface area contributed by atoms with E-state index in [0.717, 1.165) is 11.5 Å². The predicted octanol–water partition coefficient (Wildman–Crippen LogP) is 3.36. The molecule has 1 aromatic heterocycles. The highest BCUT2D eigenvalue weighted by Gasteiger charge is 2.10. The van der Waals surface area contributed by atoms with E-state index in [2.05, 4.69) is 33.5 Å². The quantitative estimate of drug-likeness (QED) is 0.825. The van der Waals surface area contributed by atoms with Gasteiger partial charge < -0.3 is 5.32 Å². The fourth-order valence-electron chi connectivity index (χ4n) is 2.20. The minimum Gasteiger partial charge on any atom is -0.340 e. The van der Waals surface area contributed by atoms with Crippen molar-refractivity contribution in [3.8, 4) is 0 Å². The Morgan fingerprint density at radius 2 is 1.94 bits per heavy atom. The molecule has 0 radical (unpaired) electrons. The Balaban J connectivity index is 1.86.